The molecule has 0 aliphatic heterocycles. The van der Waals surface area contributed by atoms with Gasteiger partial charge in [-0.15, -0.1) is 0 Å². The van der Waals surface area contributed by atoms with Gasteiger partial charge in [0, 0.05) is 5.39 Å². The van der Waals surface area contributed by atoms with Crippen LogP contribution in [0.3, 0.4) is 0 Å². The first kappa shape index (κ1) is 31.0. The number of rotatable bonds is 19. The van der Waals surface area contributed by atoms with Gasteiger partial charge in [0.25, 0.3) is 10.1 Å². The van der Waals surface area contributed by atoms with Crippen molar-refractivity contribution in [3.63, 3.8) is 0 Å². The number of aryl methyl sites for hydroxylation is 1. The van der Waals surface area contributed by atoms with E-state index in [9.17, 15) is 8.42 Å². The van der Waals surface area contributed by atoms with Gasteiger partial charge in [-0.3, -0.25) is 0 Å². The summed E-state index contributed by atoms with van der Waals surface area (Å²) in [6, 6.07) is 10.2. The highest BCUT2D eigenvalue weighted by Gasteiger charge is 2.30. The lowest BCUT2D eigenvalue weighted by molar-refractivity contribution is 0.485. The van der Waals surface area contributed by atoms with Crippen LogP contribution in [0.25, 0.3) is 10.8 Å². The summed E-state index contributed by atoms with van der Waals surface area (Å²) < 4.78 is 33.3. The van der Waals surface area contributed by atoms with Gasteiger partial charge in [-0.1, -0.05) is 121 Å². The van der Waals surface area contributed by atoms with Crippen molar-refractivity contribution in [2.24, 2.45) is 0 Å². The lowest BCUT2D eigenvalue weighted by Gasteiger charge is -2.22. The van der Waals surface area contributed by atoms with Gasteiger partial charge < -0.3 is 3.87 Å². The number of benzene rings is 2. The molecule has 0 bridgehead atoms. The van der Waals surface area contributed by atoms with Crippen molar-refractivity contribution in [1.29, 1.82) is 0 Å². The third-order valence-corrected chi connectivity index (χ3v) is 10.7. The molecule has 3 nitrogen and oxygen atoms in total. The molecule has 0 aliphatic carbocycles. The van der Waals surface area contributed by atoms with Crippen molar-refractivity contribution >= 4 is 29.2 Å². The quantitative estimate of drug-likeness (QED) is 0.133. The third-order valence-electron chi connectivity index (χ3n) is 6.89. The minimum absolute atomic E-state index is 0.451. The first-order valence-corrected chi connectivity index (χ1v) is 19.5. The van der Waals surface area contributed by atoms with Crippen molar-refractivity contribution in [3.8, 4) is 0 Å². The summed E-state index contributed by atoms with van der Waals surface area (Å²) in [6.45, 7) is 10.3. The van der Waals surface area contributed by atoms with Crippen LogP contribution >= 0.6 is 0 Å². The minimum atomic E-state index is -3.84. The van der Waals surface area contributed by atoms with Crippen molar-refractivity contribution in [3.05, 3.63) is 41.5 Å². The van der Waals surface area contributed by atoms with Gasteiger partial charge in [0.05, 0.1) is 0 Å². The third kappa shape index (κ3) is 10.7. The first-order chi connectivity index (χ1) is 17.2. The van der Waals surface area contributed by atoms with Crippen LogP contribution in [0.2, 0.25) is 19.6 Å². The van der Waals surface area contributed by atoms with Crippen LogP contribution in [0.4, 0.5) is 0 Å². The molecule has 0 atom stereocenters. The Kier molecular flexibility index (Phi) is 13.7. The molecule has 0 amide bonds. The normalized spacial score (nSPS) is 12.5. The highest BCUT2D eigenvalue weighted by molar-refractivity contribution is 7.88. The van der Waals surface area contributed by atoms with Crippen LogP contribution in [-0.4, -0.2) is 16.7 Å². The lowest BCUT2D eigenvalue weighted by Crippen LogP contribution is -2.30. The number of fused-ring (bicyclic) bond motifs is 1. The smallest absolute Gasteiger partial charge is 0.288 e. The maximum Gasteiger partial charge on any atom is 0.288 e. The van der Waals surface area contributed by atoms with E-state index in [1.165, 1.54) is 76.2 Å². The molecule has 2 rings (SSSR count). The SMILES string of the molecule is CCCCCCCCCc1cc2ccccc2c(S(=O)(=O)O[Si](C)(C)C)c1CCCCCCCCC. The summed E-state index contributed by atoms with van der Waals surface area (Å²) >= 11 is 0. The second-order valence-electron chi connectivity index (χ2n) is 11.5. The van der Waals surface area contributed by atoms with Crippen molar-refractivity contribution in [1.82, 2.24) is 0 Å². The van der Waals surface area contributed by atoms with Gasteiger partial charge in [0.15, 0.2) is 0 Å². The highest BCUT2D eigenvalue weighted by Crippen LogP contribution is 2.34. The van der Waals surface area contributed by atoms with Gasteiger partial charge in [0.2, 0.25) is 8.32 Å². The van der Waals surface area contributed by atoms with E-state index < -0.39 is 18.4 Å². The van der Waals surface area contributed by atoms with E-state index in [4.69, 9.17) is 3.87 Å². The zero-order chi connectivity index (χ0) is 26.4. The lowest BCUT2D eigenvalue weighted by atomic mass is 9.93. The standard InChI is InChI=1S/C31H52O3SSi/c1-6-8-10-12-14-16-18-22-27-26-28-23-20-21-25-30(28)31(35(32,33)34-36(3,4)5)29(27)24-19-17-15-13-11-9-7-2/h20-21,23,25-26H,6-19,22,24H2,1-5H3. The van der Waals surface area contributed by atoms with Gasteiger partial charge in [0.1, 0.15) is 4.90 Å². The number of hydrogen-bond donors (Lipinski definition) is 0. The number of hydrogen-bond acceptors (Lipinski definition) is 3. The Bertz CT molecular complexity index is 1010. The predicted octanol–water partition coefficient (Wildman–Crippen LogP) is 9.97. The average Bonchev–Trinajstić information content (AvgIpc) is 2.81. The van der Waals surface area contributed by atoms with E-state index in [1.54, 1.807) is 0 Å². The van der Waals surface area contributed by atoms with E-state index in [0.717, 1.165) is 48.4 Å². The summed E-state index contributed by atoms with van der Waals surface area (Å²) in [5.74, 6) is 0. The largest absolute Gasteiger partial charge is 0.312 e. The Morgan fingerprint density at radius 3 is 1.75 bits per heavy atom. The summed E-state index contributed by atoms with van der Waals surface area (Å²) in [7, 11) is -6.13. The molecular weight excluding hydrogens is 480 g/mol. The van der Waals surface area contributed by atoms with E-state index in [0.29, 0.717) is 4.90 Å². The van der Waals surface area contributed by atoms with Gasteiger partial charge in [-0.2, -0.15) is 8.42 Å². The maximum absolute atomic E-state index is 13.7. The van der Waals surface area contributed by atoms with E-state index in [1.807, 2.05) is 37.8 Å². The topological polar surface area (TPSA) is 43.4 Å². The molecule has 0 saturated heterocycles. The molecule has 0 heterocycles. The molecule has 2 aromatic rings. The van der Waals surface area contributed by atoms with Crippen molar-refractivity contribution in [2.75, 3.05) is 0 Å². The summed E-state index contributed by atoms with van der Waals surface area (Å²) in [5, 5.41) is 1.83. The molecule has 2 aromatic carbocycles. The summed E-state index contributed by atoms with van der Waals surface area (Å²) in [5.41, 5.74) is 2.23. The maximum atomic E-state index is 13.7. The van der Waals surface area contributed by atoms with Crippen LogP contribution in [0.1, 0.15) is 115 Å². The molecule has 0 aromatic heterocycles. The zero-order valence-corrected chi connectivity index (χ0v) is 25.6. The van der Waals surface area contributed by atoms with Crippen LogP contribution in [0.15, 0.2) is 35.2 Å². The molecule has 0 saturated carbocycles. The molecule has 0 fully saturated rings. The van der Waals surface area contributed by atoms with Gasteiger partial charge in [-0.25, -0.2) is 0 Å². The molecule has 0 spiro atoms. The van der Waals surface area contributed by atoms with Gasteiger partial charge >= 0.3 is 0 Å². The fourth-order valence-corrected chi connectivity index (χ4v) is 9.05. The molecular formula is C31H52O3SSi. The zero-order valence-electron chi connectivity index (χ0n) is 23.8. The van der Waals surface area contributed by atoms with Crippen LogP contribution < -0.4 is 0 Å². The summed E-state index contributed by atoms with van der Waals surface area (Å²) in [4.78, 5) is 0.451. The Morgan fingerprint density at radius 2 is 1.19 bits per heavy atom. The molecule has 0 unspecified atom stereocenters. The van der Waals surface area contributed by atoms with Gasteiger partial charge in [-0.05, 0) is 61.8 Å². The molecule has 0 N–H and O–H groups in total. The number of unbranched alkanes of at least 4 members (excludes halogenated alkanes) is 12. The van der Waals surface area contributed by atoms with Crippen molar-refractivity contribution < 1.29 is 12.3 Å². The Hall–Kier alpha value is -1.17. The molecule has 0 radical (unpaired) electrons. The molecule has 204 valence electrons. The van der Waals surface area contributed by atoms with Crippen LogP contribution in [0, 0.1) is 0 Å². The van der Waals surface area contributed by atoms with E-state index >= 15 is 0 Å². The molecule has 5 heteroatoms. The second-order valence-corrected chi connectivity index (χ2v) is 17.7. The van der Waals surface area contributed by atoms with Crippen LogP contribution in [0.5, 0.6) is 0 Å². The second kappa shape index (κ2) is 15.9. The fraction of sp³-hybridized carbons (Fsp3) is 0.677. The monoisotopic (exact) mass is 532 g/mol. The minimum Gasteiger partial charge on any atom is -0.312 e. The Balaban J connectivity index is 2.32. The van der Waals surface area contributed by atoms with Crippen LogP contribution in [-0.2, 0) is 26.8 Å². The fourth-order valence-electron chi connectivity index (χ4n) is 5.10. The Labute approximate surface area is 223 Å². The van der Waals surface area contributed by atoms with E-state index in [2.05, 4.69) is 26.0 Å². The predicted molar refractivity (Wildman–Crippen MR) is 159 cm³/mol. The molecule has 0 aliphatic rings. The van der Waals surface area contributed by atoms with E-state index in [-0.39, 0.29) is 0 Å². The highest BCUT2D eigenvalue weighted by atomic mass is 32.2. The Morgan fingerprint density at radius 1 is 0.694 bits per heavy atom. The average molecular weight is 533 g/mol. The summed E-state index contributed by atoms with van der Waals surface area (Å²) in [6.07, 6.45) is 19.1. The van der Waals surface area contributed by atoms with Crippen molar-refractivity contribution in [2.45, 2.75) is 141 Å². The molecule has 36 heavy (non-hydrogen) atoms. The first-order valence-electron chi connectivity index (χ1n) is 14.7.